The Labute approximate surface area is 135 Å². The first-order chi connectivity index (χ1) is 10.4. The van der Waals surface area contributed by atoms with E-state index in [4.69, 9.17) is 11.6 Å². The number of benzene rings is 1. The van der Waals surface area contributed by atoms with Crippen molar-refractivity contribution in [2.24, 2.45) is 0 Å². The van der Waals surface area contributed by atoms with E-state index in [9.17, 15) is 8.42 Å². The number of nitrogens with zero attached hydrogens (tertiary/aromatic N) is 2. The lowest BCUT2D eigenvalue weighted by molar-refractivity contribution is 0.460. The van der Waals surface area contributed by atoms with Crippen LogP contribution in [0.15, 0.2) is 30.3 Å². The third kappa shape index (κ3) is 3.69. The summed E-state index contributed by atoms with van der Waals surface area (Å²) in [4.78, 5) is 6.86. The molecule has 0 atom stereocenters. The highest BCUT2D eigenvalue weighted by atomic mass is 35.5. The predicted molar refractivity (Wildman–Crippen MR) is 90.0 cm³/mol. The molecule has 1 aliphatic rings. The first kappa shape index (κ1) is 15.5. The summed E-state index contributed by atoms with van der Waals surface area (Å²) >= 11 is 5.98. The van der Waals surface area contributed by atoms with Crippen LogP contribution in [0.4, 0.5) is 5.82 Å². The van der Waals surface area contributed by atoms with Crippen LogP contribution in [0, 0.1) is 0 Å². The summed E-state index contributed by atoms with van der Waals surface area (Å²) in [5.74, 6) is 0.924. The fourth-order valence-electron chi connectivity index (χ4n) is 2.79. The third-order valence-corrected chi connectivity index (χ3v) is 4.83. The first-order valence-electron chi connectivity index (χ1n) is 7.19. The molecular weight excluding hydrogens is 322 g/mol. The quantitative estimate of drug-likeness (QED) is 0.932. The Morgan fingerprint density at radius 3 is 2.64 bits per heavy atom. The highest BCUT2D eigenvalue weighted by molar-refractivity contribution is 7.88. The molecular formula is C15H18ClN3O2S. The summed E-state index contributed by atoms with van der Waals surface area (Å²) in [7, 11) is -3.14. The maximum atomic E-state index is 11.3. The monoisotopic (exact) mass is 339 g/mol. The second-order valence-corrected chi connectivity index (χ2v) is 7.87. The van der Waals surface area contributed by atoms with Crippen LogP contribution in [0.2, 0.25) is 5.02 Å². The van der Waals surface area contributed by atoms with Gasteiger partial charge in [0.05, 0.1) is 11.8 Å². The minimum absolute atomic E-state index is 0.0190. The number of pyridine rings is 1. The fourth-order valence-corrected chi connectivity index (χ4v) is 3.81. The molecule has 0 spiro atoms. The van der Waals surface area contributed by atoms with Gasteiger partial charge in [0, 0.05) is 29.5 Å². The molecule has 5 nitrogen and oxygen atoms in total. The normalized spacial score (nSPS) is 17.1. The molecule has 0 unspecified atom stereocenters. The summed E-state index contributed by atoms with van der Waals surface area (Å²) in [6, 6.07) is 9.68. The van der Waals surface area contributed by atoms with Gasteiger partial charge in [-0.1, -0.05) is 11.6 Å². The Balaban J connectivity index is 1.72. The highest BCUT2D eigenvalue weighted by Crippen LogP contribution is 2.23. The predicted octanol–water partition coefficient (Wildman–Crippen LogP) is 2.41. The number of aromatic nitrogens is 1. The van der Waals surface area contributed by atoms with Crippen LogP contribution in [-0.4, -0.2) is 38.8 Å². The van der Waals surface area contributed by atoms with E-state index >= 15 is 0 Å². The zero-order chi connectivity index (χ0) is 15.7. The first-order valence-corrected chi connectivity index (χ1v) is 9.46. The molecule has 1 aromatic carbocycles. The smallest absolute Gasteiger partial charge is 0.208 e. The molecule has 1 N–H and O–H groups in total. The number of hydrogen-bond acceptors (Lipinski definition) is 4. The van der Waals surface area contributed by atoms with Gasteiger partial charge in [-0.15, -0.1) is 0 Å². The molecule has 0 amide bonds. The van der Waals surface area contributed by atoms with Gasteiger partial charge in [0.15, 0.2) is 0 Å². The third-order valence-electron chi connectivity index (χ3n) is 3.84. The summed E-state index contributed by atoms with van der Waals surface area (Å²) in [6.45, 7) is 1.58. The van der Waals surface area contributed by atoms with Crippen molar-refractivity contribution in [2.75, 3.05) is 24.2 Å². The Morgan fingerprint density at radius 1 is 1.23 bits per heavy atom. The Kier molecular flexibility index (Phi) is 4.25. The molecule has 2 aromatic rings. The van der Waals surface area contributed by atoms with Gasteiger partial charge in [0.2, 0.25) is 10.0 Å². The molecule has 0 bridgehead atoms. The molecule has 22 heavy (non-hydrogen) atoms. The number of halogens is 1. The number of nitrogens with one attached hydrogen (secondary N) is 1. The van der Waals surface area contributed by atoms with E-state index in [0.717, 1.165) is 42.7 Å². The number of piperidine rings is 1. The van der Waals surface area contributed by atoms with Gasteiger partial charge in [-0.2, -0.15) is 0 Å². The van der Waals surface area contributed by atoms with Gasteiger partial charge in [0.25, 0.3) is 0 Å². The van der Waals surface area contributed by atoms with Gasteiger partial charge in [-0.05, 0) is 43.2 Å². The lowest BCUT2D eigenvalue weighted by Crippen LogP contribution is -2.44. The lowest BCUT2D eigenvalue weighted by Gasteiger charge is -2.32. The summed E-state index contributed by atoms with van der Waals surface area (Å²) in [5, 5.41) is 1.72. The zero-order valence-electron chi connectivity index (χ0n) is 12.3. The van der Waals surface area contributed by atoms with Gasteiger partial charge < -0.3 is 4.90 Å². The second kappa shape index (κ2) is 6.02. The average molecular weight is 340 g/mol. The molecule has 1 fully saturated rings. The minimum Gasteiger partial charge on any atom is -0.356 e. The maximum Gasteiger partial charge on any atom is 0.208 e. The summed E-state index contributed by atoms with van der Waals surface area (Å²) in [5.41, 5.74) is 0.915. The SMILES string of the molecule is CS(=O)(=O)NC1CCN(c2ccc3cc(Cl)ccc3n2)CC1. The van der Waals surface area contributed by atoms with Gasteiger partial charge in [-0.25, -0.2) is 18.1 Å². The van der Waals surface area contributed by atoms with Crippen molar-refractivity contribution in [2.45, 2.75) is 18.9 Å². The van der Waals surface area contributed by atoms with E-state index < -0.39 is 10.0 Å². The Morgan fingerprint density at radius 2 is 1.95 bits per heavy atom. The molecule has 2 heterocycles. The van der Waals surface area contributed by atoms with E-state index in [0.29, 0.717) is 5.02 Å². The second-order valence-electron chi connectivity index (χ2n) is 5.66. The molecule has 0 saturated carbocycles. The van der Waals surface area contributed by atoms with Crippen LogP contribution in [0.3, 0.4) is 0 Å². The molecule has 1 aromatic heterocycles. The van der Waals surface area contributed by atoms with Crippen molar-refractivity contribution in [3.8, 4) is 0 Å². The molecule has 1 aliphatic heterocycles. The standard InChI is InChI=1S/C15H18ClN3O2S/c1-22(20,21)18-13-6-8-19(9-7-13)15-5-2-11-10-12(16)3-4-14(11)17-15/h2-5,10,13,18H,6-9H2,1H3. The molecule has 0 aliphatic carbocycles. The van der Waals surface area contributed by atoms with E-state index in [1.807, 2.05) is 30.3 Å². The molecule has 7 heteroatoms. The topological polar surface area (TPSA) is 62.3 Å². The molecule has 3 rings (SSSR count). The number of sulfonamides is 1. The van der Waals surface area contributed by atoms with Crippen LogP contribution in [0.1, 0.15) is 12.8 Å². The van der Waals surface area contributed by atoms with E-state index in [1.165, 1.54) is 6.26 Å². The van der Waals surface area contributed by atoms with Crippen molar-refractivity contribution in [3.63, 3.8) is 0 Å². The largest absolute Gasteiger partial charge is 0.356 e. The Hall–Kier alpha value is -1.37. The number of anilines is 1. The van der Waals surface area contributed by atoms with Crippen LogP contribution in [-0.2, 0) is 10.0 Å². The lowest BCUT2D eigenvalue weighted by atomic mass is 10.1. The van der Waals surface area contributed by atoms with Gasteiger partial charge >= 0.3 is 0 Å². The van der Waals surface area contributed by atoms with Crippen LogP contribution < -0.4 is 9.62 Å². The van der Waals surface area contributed by atoms with Crippen LogP contribution >= 0.6 is 11.6 Å². The van der Waals surface area contributed by atoms with E-state index in [2.05, 4.69) is 14.6 Å². The molecule has 0 radical (unpaired) electrons. The van der Waals surface area contributed by atoms with E-state index in [-0.39, 0.29) is 6.04 Å². The van der Waals surface area contributed by atoms with Crippen molar-refractivity contribution < 1.29 is 8.42 Å². The van der Waals surface area contributed by atoms with Gasteiger partial charge in [-0.3, -0.25) is 0 Å². The van der Waals surface area contributed by atoms with Crippen molar-refractivity contribution in [1.82, 2.24) is 9.71 Å². The highest BCUT2D eigenvalue weighted by Gasteiger charge is 2.22. The van der Waals surface area contributed by atoms with Crippen molar-refractivity contribution in [3.05, 3.63) is 35.4 Å². The van der Waals surface area contributed by atoms with Crippen LogP contribution in [0.25, 0.3) is 10.9 Å². The Bertz CT molecular complexity index is 786. The minimum atomic E-state index is -3.14. The summed E-state index contributed by atoms with van der Waals surface area (Å²) in [6.07, 6.45) is 2.77. The van der Waals surface area contributed by atoms with Crippen molar-refractivity contribution >= 4 is 38.3 Å². The number of fused-ring (bicyclic) bond motifs is 1. The van der Waals surface area contributed by atoms with Crippen molar-refractivity contribution in [1.29, 1.82) is 0 Å². The number of hydrogen-bond donors (Lipinski definition) is 1. The fraction of sp³-hybridized carbons (Fsp3) is 0.400. The maximum absolute atomic E-state index is 11.3. The molecule has 1 saturated heterocycles. The zero-order valence-corrected chi connectivity index (χ0v) is 13.9. The van der Waals surface area contributed by atoms with Crippen LogP contribution in [0.5, 0.6) is 0 Å². The van der Waals surface area contributed by atoms with Gasteiger partial charge in [0.1, 0.15) is 5.82 Å². The molecule has 118 valence electrons. The summed E-state index contributed by atoms with van der Waals surface area (Å²) < 4.78 is 25.2. The van der Waals surface area contributed by atoms with E-state index in [1.54, 1.807) is 0 Å². The number of rotatable bonds is 3. The average Bonchev–Trinajstić information content (AvgIpc) is 2.46.